The number of benzene rings is 1. The Labute approximate surface area is 217 Å². The molecule has 36 heavy (non-hydrogen) atoms. The largest absolute Gasteiger partial charge is 0.444 e. The molecule has 204 valence electrons. The number of unbranched alkanes of at least 4 members (excludes halogenated alkanes) is 2. The number of hydrogen-bond donors (Lipinski definition) is 3. The fraction of sp³-hybridized carbons (Fsp3) is 0.679. The summed E-state index contributed by atoms with van der Waals surface area (Å²) in [4.78, 5) is 41.4. The molecule has 0 saturated heterocycles. The Kier molecular flexibility index (Phi) is 12.9. The molecule has 8 nitrogen and oxygen atoms in total. The quantitative estimate of drug-likeness (QED) is 0.344. The maximum absolute atomic E-state index is 13.9. The van der Waals surface area contributed by atoms with E-state index in [4.69, 9.17) is 4.74 Å². The van der Waals surface area contributed by atoms with Crippen molar-refractivity contribution in [3.63, 3.8) is 0 Å². The molecule has 3 N–H and O–H groups in total. The van der Waals surface area contributed by atoms with Crippen molar-refractivity contribution in [2.24, 2.45) is 5.92 Å². The van der Waals surface area contributed by atoms with Gasteiger partial charge < -0.3 is 25.4 Å². The lowest BCUT2D eigenvalue weighted by Crippen LogP contribution is -2.54. The molecule has 0 aliphatic rings. The molecule has 2 atom stereocenters. The number of hydrogen-bond acceptors (Lipinski definition) is 5. The Hall–Kier alpha value is -2.61. The van der Waals surface area contributed by atoms with Crippen LogP contribution in [0.1, 0.15) is 90.0 Å². The standard InChI is InChI=1S/C28H47N3O5/c1-9-10-11-15-29-25(33)24(22-14-12-13-20(4)21(22)5)31(16-17-32)26(34)23(18-19(2)3)30-27(35)36-28(6,7)8/h12-14,19,23-24,32H,9-11,15-18H2,1-8H3,(H,29,33)(H,30,35). The van der Waals surface area contributed by atoms with E-state index in [9.17, 15) is 19.5 Å². The van der Waals surface area contributed by atoms with Gasteiger partial charge in [-0.15, -0.1) is 0 Å². The topological polar surface area (TPSA) is 108 Å². The summed E-state index contributed by atoms with van der Waals surface area (Å²) in [6.45, 7) is 15.3. The minimum atomic E-state index is -0.943. The van der Waals surface area contributed by atoms with Crippen molar-refractivity contribution in [1.82, 2.24) is 15.5 Å². The van der Waals surface area contributed by atoms with Crippen molar-refractivity contribution in [3.05, 3.63) is 34.9 Å². The van der Waals surface area contributed by atoms with Gasteiger partial charge in [0.15, 0.2) is 0 Å². The number of carbonyl (C=O) groups is 3. The first-order valence-corrected chi connectivity index (χ1v) is 13.1. The second-order valence-electron chi connectivity index (χ2n) is 10.8. The molecule has 0 saturated carbocycles. The van der Waals surface area contributed by atoms with Gasteiger partial charge in [0.2, 0.25) is 11.8 Å². The molecule has 3 amide bonds. The zero-order valence-electron chi connectivity index (χ0n) is 23.4. The van der Waals surface area contributed by atoms with Crippen molar-refractivity contribution in [3.8, 4) is 0 Å². The molecule has 1 aromatic rings. The summed E-state index contributed by atoms with van der Waals surface area (Å²) in [6, 6.07) is 3.81. The number of aryl methyl sites for hydroxylation is 1. The number of nitrogens with one attached hydrogen (secondary N) is 2. The SMILES string of the molecule is CCCCCNC(=O)C(c1cccc(C)c1C)N(CCO)C(=O)C(CC(C)C)NC(=O)OC(C)(C)C. The molecule has 0 radical (unpaired) electrons. The van der Waals surface area contributed by atoms with E-state index < -0.39 is 29.7 Å². The first-order valence-electron chi connectivity index (χ1n) is 13.1. The van der Waals surface area contributed by atoms with Gasteiger partial charge in [-0.1, -0.05) is 51.8 Å². The molecule has 0 aliphatic carbocycles. The van der Waals surface area contributed by atoms with E-state index in [2.05, 4.69) is 17.6 Å². The molecule has 0 fully saturated rings. The number of rotatable bonds is 13. The van der Waals surface area contributed by atoms with Gasteiger partial charge in [-0.3, -0.25) is 9.59 Å². The molecule has 1 rings (SSSR count). The van der Waals surface area contributed by atoms with Crippen LogP contribution < -0.4 is 10.6 Å². The smallest absolute Gasteiger partial charge is 0.408 e. The van der Waals surface area contributed by atoms with Crippen LogP contribution in [-0.2, 0) is 14.3 Å². The predicted molar refractivity (Wildman–Crippen MR) is 143 cm³/mol. The second-order valence-corrected chi connectivity index (χ2v) is 10.8. The van der Waals surface area contributed by atoms with Crippen LogP contribution in [0.2, 0.25) is 0 Å². The monoisotopic (exact) mass is 505 g/mol. The minimum Gasteiger partial charge on any atom is -0.444 e. The predicted octanol–water partition coefficient (Wildman–Crippen LogP) is 4.41. The van der Waals surface area contributed by atoms with E-state index in [1.807, 2.05) is 45.9 Å². The zero-order valence-corrected chi connectivity index (χ0v) is 23.4. The molecular formula is C28H47N3O5. The van der Waals surface area contributed by atoms with Gasteiger partial charge >= 0.3 is 6.09 Å². The lowest BCUT2D eigenvalue weighted by molar-refractivity contribution is -0.143. The molecule has 0 heterocycles. The third-order valence-corrected chi connectivity index (χ3v) is 5.90. The average molecular weight is 506 g/mol. The van der Waals surface area contributed by atoms with Crippen molar-refractivity contribution in [2.75, 3.05) is 19.7 Å². The Bertz CT molecular complexity index is 863. The van der Waals surface area contributed by atoms with E-state index in [0.717, 1.165) is 30.4 Å². The molecule has 0 aromatic heterocycles. The summed E-state index contributed by atoms with van der Waals surface area (Å²) in [5, 5.41) is 15.6. The highest BCUT2D eigenvalue weighted by molar-refractivity contribution is 5.92. The number of carbonyl (C=O) groups excluding carboxylic acids is 3. The van der Waals surface area contributed by atoms with Crippen molar-refractivity contribution in [1.29, 1.82) is 0 Å². The maximum atomic E-state index is 13.9. The van der Waals surface area contributed by atoms with E-state index in [1.54, 1.807) is 20.8 Å². The Balaban J connectivity index is 3.43. The van der Waals surface area contributed by atoms with Gasteiger partial charge in [0.1, 0.15) is 17.7 Å². The first-order chi connectivity index (χ1) is 16.8. The van der Waals surface area contributed by atoms with Gasteiger partial charge in [0.25, 0.3) is 0 Å². The van der Waals surface area contributed by atoms with Crippen molar-refractivity contribution >= 4 is 17.9 Å². The fourth-order valence-electron chi connectivity index (χ4n) is 4.02. The third kappa shape index (κ3) is 10.2. The molecule has 2 unspecified atom stereocenters. The van der Waals surface area contributed by atoms with Crippen molar-refractivity contribution < 1.29 is 24.2 Å². The van der Waals surface area contributed by atoms with E-state index in [1.165, 1.54) is 4.90 Å². The Morgan fingerprint density at radius 1 is 1.11 bits per heavy atom. The van der Waals surface area contributed by atoms with Crippen LogP contribution in [0.25, 0.3) is 0 Å². The third-order valence-electron chi connectivity index (χ3n) is 5.90. The highest BCUT2D eigenvalue weighted by Crippen LogP contribution is 2.28. The number of alkyl carbamates (subject to hydrolysis) is 1. The lowest BCUT2D eigenvalue weighted by Gasteiger charge is -2.35. The lowest BCUT2D eigenvalue weighted by atomic mass is 9.94. The van der Waals surface area contributed by atoms with Crippen LogP contribution in [0, 0.1) is 19.8 Å². The summed E-state index contributed by atoms with van der Waals surface area (Å²) in [6.07, 6.45) is 2.52. The van der Waals surface area contributed by atoms with E-state index in [-0.39, 0.29) is 25.0 Å². The number of aliphatic hydroxyl groups is 1. The summed E-state index contributed by atoms with van der Waals surface area (Å²) >= 11 is 0. The normalized spacial score (nSPS) is 13.2. The molecule has 0 spiro atoms. The second kappa shape index (κ2) is 14.8. The van der Waals surface area contributed by atoms with Gasteiger partial charge in [-0.05, 0) is 70.1 Å². The van der Waals surface area contributed by atoms with Crippen LogP contribution in [0.5, 0.6) is 0 Å². The van der Waals surface area contributed by atoms with Crippen LogP contribution in [0.15, 0.2) is 18.2 Å². The zero-order chi connectivity index (χ0) is 27.5. The van der Waals surface area contributed by atoms with Crippen LogP contribution in [-0.4, -0.2) is 59.3 Å². The number of nitrogens with zero attached hydrogens (tertiary/aromatic N) is 1. The van der Waals surface area contributed by atoms with Crippen LogP contribution in [0.3, 0.4) is 0 Å². The summed E-state index contributed by atoms with van der Waals surface area (Å²) in [5.41, 5.74) is 1.88. The highest BCUT2D eigenvalue weighted by atomic mass is 16.6. The summed E-state index contributed by atoms with van der Waals surface area (Å²) in [5.74, 6) is -0.646. The molecule has 0 bridgehead atoms. The van der Waals surface area contributed by atoms with Gasteiger partial charge in [0, 0.05) is 13.1 Å². The maximum Gasteiger partial charge on any atom is 0.408 e. The Morgan fingerprint density at radius 2 is 1.78 bits per heavy atom. The Morgan fingerprint density at radius 3 is 2.33 bits per heavy atom. The molecule has 0 aliphatic heterocycles. The van der Waals surface area contributed by atoms with Gasteiger partial charge in [-0.2, -0.15) is 0 Å². The van der Waals surface area contributed by atoms with Crippen LogP contribution in [0.4, 0.5) is 4.79 Å². The van der Waals surface area contributed by atoms with E-state index in [0.29, 0.717) is 18.5 Å². The van der Waals surface area contributed by atoms with E-state index >= 15 is 0 Å². The van der Waals surface area contributed by atoms with Crippen LogP contribution >= 0.6 is 0 Å². The summed E-state index contributed by atoms with van der Waals surface area (Å²) < 4.78 is 5.39. The minimum absolute atomic E-state index is 0.0517. The molecule has 8 heteroatoms. The summed E-state index contributed by atoms with van der Waals surface area (Å²) in [7, 11) is 0. The first kappa shape index (κ1) is 31.4. The number of aliphatic hydroxyl groups excluding tert-OH is 1. The highest BCUT2D eigenvalue weighted by Gasteiger charge is 2.37. The fourth-order valence-corrected chi connectivity index (χ4v) is 4.02. The molecule has 1 aromatic carbocycles. The number of ether oxygens (including phenoxy) is 1. The molecular weight excluding hydrogens is 458 g/mol. The van der Waals surface area contributed by atoms with Crippen molar-refractivity contribution in [2.45, 2.75) is 98.8 Å². The van der Waals surface area contributed by atoms with Gasteiger partial charge in [-0.25, -0.2) is 4.79 Å². The van der Waals surface area contributed by atoms with Gasteiger partial charge in [0.05, 0.1) is 6.61 Å². The average Bonchev–Trinajstić information content (AvgIpc) is 2.76. The number of amides is 3.